The summed E-state index contributed by atoms with van der Waals surface area (Å²) < 4.78 is 7.50. The molecule has 0 saturated carbocycles. The van der Waals surface area contributed by atoms with Gasteiger partial charge in [0.25, 0.3) is 0 Å². The Balaban J connectivity index is 0.000000643. The van der Waals surface area contributed by atoms with Gasteiger partial charge in [-0.05, 0) is 36.4 Å². The van der Waals surface area contributed by atoms with E-state index in [-0.39, 0.29) is 17.1 Å². The van der Waals surface area contributed by atoms with E-state index in [4.69, 9.17) is 4.65 Å². The van der Waals surface area contributed by atoms with E-state index in [9.17, 15) is 0 Å². The van der Waals surface area contributed by atoms with E-state index in [1.165, 1.54) is 15.9 Å². The number of hydrogen-bond acceptors (Lipinski definition) is 0. The molecule has 30 heavy (non-hydrogen) atoms. The zero-order valence-corrected chi connectivity index (χ0v) is 19.3. The first-order valence-corrected chi connectivity index (χ1v) is 11.1. The molecule has 0 radical (unpaired) electrons. The maximum absolute atomic E-state index is 7.50. The molecule has 0 aliphatic carbocycles. The second-order valence-corrected chi connectivity index (χ2v) is 8.42. The first kappa shape index (κ1) is 27.7. The van der Waals surface area contributed by atoms with Gasteiger partial charge in [0.05, 0.1) is 7.92 Å². The van der Waals surface area contributed by atoms with Crippen LogP contribution in [0.25, 0.3) is 0 Å². The summed E-state index contributed by atoms with van der Waals surface area (Å²) in [4.78, 5) is 0. The van der Waals surface area contributed by atoms with Crippen LogP contribution in [-0.2, 0) is 21.7 Å². The zero-order valence-electron chi connectivity index (χ0n) is 17.2. The maximum Gasteiger partial charge on any atom is 6.00 e. The van der Waals surface area contributed by atoms with Crippen molar-refractivity contribution in [2.45, 2.75) is 13.3 Å². The molecule has 4 aromatic rings. The van der Waals surface area contributed by atoms with Crippen LogP contribution in [0.2, 0.25) is 0 Å². The van der Waals surface area contributed by atoms with Gasteiger partial charge in [-0.3, -0.25) is 0 Å². The van der Waals surface area contributed by atoms with E-state index in [2.05, 4.69) is 105 Å². The van der Waals surface area contributed by atoms with E-state index in [1.807, 2.05) is 37.3 Å². The molecular weight excluding hydrogens is 427 g/mol. The van der Waals surface area contributed by atoms with Crippen molar-refractivity contribution in [3.63, 3.8) is 0 Å². The predicted octanol–water partition coefficient (Wildman–Crippen LogP) is 5.77. The molecule has 1 nitrogen and oxygen atoms in total. The molecule has 0 aliphatic rings. The standard InChI is InChI=1S/C18H15P.C5H5.C3H7.CO.Fe/c1-4-10-16(11-5-1)19(17-12-6-2-7-13-17)18-14-8-3-9-15-18;1-2-4-5-3-1;1-3-2;1-2;/h1-15H;1-5H;1,3H2,2H3;;/q;2*-1;;+6/p+1. The summed E-state index contributed by atoms with van der Waals surface area (Å²) in [5, 5.41) is 4.31. The Hall–Kier alpha value is -2.30. The van der Waals surface area contributed by atoms with Gasteiger partial charge in [0.15, 0.2) is 0 Å². The fourth-order valence-corrected chi connectivity index (χ4v) is 5.21. The van der Waals surface area contributed by atoms with Gasteiger partial charge in [0.1, 0.15) is 15.9 Å². The van der Waals surface area contributed by atoms with Gasteiger partial charge >= 0.3 is 28.4 Å². The number of hydrogen-bond donors (Lipinski definition) is 0. The van der Waals surface area contributed by atoms with Crippen molar-refractivity contribution in [1.82, 2.24) is 0 Å². The maximum atomic E-state index is 7.50. The van der Waals surface area contributed by atoms with Crippen LogP contribution in [-0.4, -0.2) is 0 Å². The van der Waals surface area contributed by atoms with Crippen molar-refractivity contribution in [3.05, 3.63) is 135 Å². The van der Waals surface area contributed by atoms with Gasteiger partial charge in [0.2, 0.25) is 0 Å². The fourth-order valence-electron chi connectivity index (χ4n) is 2.64. The second-order valence-electron chi connectivity index (χ2n) is 5.94. The van der Waals surface area contributed by atoms with E-state index in [0.29, 0.717) is 0 Å². The normalized spacial score (nSPS) is 8.70. The predicted molar refractivity (Wildman–Crippen MR) is 128 cm³/mol. The number of benzene rings is 3. The van der Waals surface area contributed by atoms with Crippen molar-refractivity contribution in [3.8, 4) is 0 Å². The van der Waals surface area contributed by atoms with Crippen molar-refractivity contribution in [2.75, 3.05) is 0 Å². The van der Waals surface area contributed by atoms with Crippen LogP contribution in [0.15, 0.2) is 121 Å². The molecule has 150 valence electrons. The van der Waals surface area contributed by atoms with Gasteiger partial charge in [-0.15, -0.1) is 0 Å². The smallest absolute Gasteiger partial charge is 0.344 e. The third kappa shape index (κ3) is 10.5. The molecule has 0 unspecified atom stereocenters. The summed E-state index contributed by atoms with van der Waals surface area (Å²) >= 11 is 0. The molecule has 4 aromatic carbocycles. The first-order valence-electron chi connectivity index (χ1n) is 9.56. The van der Waals surface area contributed by atoms with Crippen LogP contribution in [0.4, 0.5) is 0 Å². The van der Waals surface area contributed by atoms with Crippen LogP contribution in [0.3, 0.4) is 0 Å². The van der Waals surface area contributed by atoms with Gasteiger partial charge < -0.3 is 6.92 Å². The van der Waals surface area contributed by atoms with Crippen LogP contribution < -0.4 is 15.9 Å². The largest absolute Gasteiger partial charge is 6.00 e. The van der Waals surface area contributed by atoms with Crippen molar-refractivity contribution in [1.29, 1.82) is 0 Å². The van der Waals surface area contributed by atoms with E-state index >= 15 is 0 Å². The van der Waals surface area contributed by atoms with E-state index in [0.717, 1.165) is 6.42 Å². The monoisotopic (exact) mass is 455 g/mol. The molecule has 0 bridgehead atoms. The Morgan fingerprint density at radius 3 is 1.13 bits per heavy atom. The Bertz CT molecular complexity index is 749. The Labute approximate surface area is 193 Å². The SMILES string of the molecule is [C-]#[O+].[CH2-]CC.[Fe+6].c1cc[cH-]c1.c1ccc([PH+](c2ccccc2)c2ccccc2)cc1. The number of rotatable bonds is 3. The molecular formula is C27H28FeOP+5. The minimum Gasteiger partial charge on any atom is -0.344 e. The minimum atomic E-state index is -0.877. The van der Waals surface area contributed by atoms with Crippen LogP contribution in [0.5, 0.6) is 0 Å². The molecule has 0 atom stereocenters. The average molecular weight is 455 g/mol. The van der Waals surface area contributed by atoms with Crippen LogP contribution in [0.1, 0.15) is 13.3 Å². The van der Waals surface area contributed by atoms with Gasteiger partial charge in [-0.1, -0.05) is 61.5 Å². The molecule has 0 spiro atoms. The summed E-state index contributed by atoms with van der Waals surface area (Å²) in [5.41, 5.74) is 0. The van der Waals surface area contributed by atoms with Crippen molar-refractivity contribution < 1.29 is 21.7 Å². The molecule has 0 saturated heterocycles. The summed E-state index contributed by atoms with van der Waals surface area (Å²) in [6.45, 7) is 10.0. The molecule has 0 amide bonds. The summed E-state index contributed by atoms with van der Waals surface area (Å²) in [7, 11) is -0.877. The molecule has 0 heterocycles. The van der Waals surface area contributed by atoms with Crippen LogP contribution in [0, 0.1) is 13.6 Å². The molecule has 0 N–H and O–H groups in total. The molecule has 0 aliphatic heterocycles. The zero-order chi connectivity index (χ0) is 21.2. The molecule has 0 fully saturated rings. The second kappa shape index (κ2) is 18.7. The van der Waals surface area contributed by atoms with Gasteiger partial charge in [-0.2, -0.15) is 24.6 Å². The molecule has 0 aromatic heterocycles. The Kier molecular flexibility index (Phi) is 17.3. The summed E-state index contributed by atoms with van der Waals surface area (Å²) in [6.07, 6.45) is 1.00. The first-order chi connectivity index (χ1) is 14.4. The molecule has 4 rings (SSSR count). The Morgan fingerprint density at radius 1 is 0.667 bits per heavy atom. The summed E-state index contributed by atoms with van der Waals surface area (Å²) in [5.74, 6) is 0. The summed E-state index contributed by atoms with van der Waals surface area (Å²) in [6, 6.07) is 42.5. The fraction of sp³-hybridized carbons (Fsp3) is 0.0741. The van der Waals surface area contributed by atoms with Crippen LogP contribution >= 0.6 is 7.92 Å². The third-order valence-corrected chi connectivity index (χ3v) is 6.47. The average Bonchev–Trinajstić information content (AvgIpc) is 3.39. The van der Waals surface area contributed by atoms with Gasteiger partial charge in [0, 0.05) is 0 Å². The van der Waals surface area contributed by atoms with E-state index in [1.54, 1.807) is 0 Å². The topological polar surface area (TPSA) is 19.9 Å². The Morgan fingerprint density at radius 2 is 0.933 bits per heavy atom. The van der Waals surface area contributed by atoms with Crippen molar-refractivity contribution >= 4 is 23.8 Å². The quantitative estimate of drug-likeness (QED) is 0.162. The van der Waals surface area contributed by atoms with E-state index < -0.39 is 7.92 Å². The third-order valence-electron chi connectivity index (χ3n) is 3.74. The van der Waals surface area contributed by atoms with Crippen molar-refractivity contribution in [2.24, 2.45) is 0 Å². The minimum absolute atomic E-state index is 0. The van der Waals surface area contributed by atoms with Gasteiger partial charge in [-0.25, -0.2) is 12.1 Å². The molecule has 3 heteroatoms.